The SMILES string of the molecule is COC1CCCC(C(N)=S)C1. The van der Waals surface area contributed by atoms with Gasteiger partial charge in [0.05, 0.1) is 11.1 Å². The van der Waals surface area contributed by atoms with Crippen LogP contribution >= 0.6 is 12.2 Å². The largest absolute Gasteiger partial charge is 0.393 e. The third-order valence-corrected chi connectivity index (χ3v) is 2.70. The van der Waals surface area contributed by atoms with Crippen molar-refractivity contribution in [3.8, 4) is 0 Å². The van der Waals surface area contributed by atoms with Crippen LogP contribution in [-0.4, -0.2) is 18.2 Å². The quantitative estimate of drug-likeness (QED) is 0.642. The molecule has 0 aliphatic heterocycles. The molecule has 2 nitrogen and oxygen atoms in total. The number of nitrogens with two attached hydrogens (primary N) is 1. The van der Waals surface area contributed by atoms with E-state index in [9.17, 15) is 0 Å². The number of methoxy groups -OCH3 is 1. The topological polar surface area (TPSA) is 35.2 Å². The summed E-state index contributed by atoms with van der Waals surface area (Å²) < 4.78 is 5.26. The fourth-order valence-corrected chi connectivity index (χ4v) is 1.83. The lowest BCUT2D eigenvalue weighted by Crippen LogP contribution is -2.30. The normalized spacial score (nSPS) is 31.7. The van der Waals surface area contributed by atoms with Gasteiger partial charge in [0.2, 0.25) is 0 Å². The lowest BCUT2D eigenvalue weighted by molar-refractivity contribution is 0.0620. The van der Waals surface area contributed by atoms with Gasteiger partial charge < -0.3 is 10.5 Å². The summed E-state index contributed by atoms with van der Waals surface area (Å²) in [5.74, 6) is 0.420. The highest BCUT2D eigenvalue weighted by Gasteiger charge is 2.22. The summed E-state index contributed by atoms with van der Waals surface area (Å²) in [6, 6.07) is 0. The first-order chi connectivity index (χ1) is 5.24. The highest BCUT2D eigenvalue weighted by Crippen LogP contribution is 2.25. The van der Waals surface area contributed by atoms with Gasteiger partial charge in [0.25, 0.3) is 0 Å². The molecule has 0 bridgehead atoms. The Morgan fingerprint density at radius 1 is 1.55 bits per heavy atom. The minimum atomic E-state index is 0.384. The van der Waals surface area contributed by atoms with Gasteiger partial charge in [0.1, 0.15) is 0 Å². The molecule has 1 fully saturated rings. The van der Waals surface area contributed by atoms with Crippen LogP contribution in [0.5, 0.6) is 0 Å². The van der Waals surface area contributed by atoms with Crippen molar-refractivity contribution in [1.82, 2.24) is 0 Å². The molecule has 1 aliphatic carbocycles. The van der Waals surface area contributed by atoms with Gasteiger partial charge in [-0.15, -0.1) is 0 Å². The minimum Gasteiger partial charge on any atom is -0.393 e. The van der Waals surface area contributed by atoms with E-state index in [1.54, 1.807) is 7.11 Å². The lowest BCUT2D eigenvalue weighted by atomic mass is 9.87. The van der Waals surface area contributed by atoms with Crippen LogP contribution in [0.25, 0.3) is 0 Å². The van der Waals surface area contributed by atoms with Gasteiger partial charge in [-0.1, -0.05) is 18.6 Å². The predicted molar refractivity (Wildman–Crippen MR) is 49.5 cm³/mol. The van der Waals surface area contributed by atoms with E-state index in [1.807, 2.05) is 0 Å². The molecule has 0 heterocycles. The zero-order valence-corrected chi connectivity index (χ0v) is 7.69. The van der Waals surface area contributed by atoms with Crippen molar-refractivity contribution in [1.29, 1.82) is 0 Å². The molecule has 0 saturated heterocycles. The average molecular weight is 173 g/mol. The maximum absolute atomic E-state index is 5.56. The van der Waals surface area contributed by atoms with E-state index in [2.05, 4.69) is 0 Å². The van der Waals surface area contributed by atoms with Gasteiger partial charge in [-0.05, 0) is 19.3 Å². The van der Waals surface area contributed by atoms with Crippen LogP contribution in [0.15, 0.2) is 0 Å². The van der Waals surface area contributed by atoms with Crippen molar-refractivity contribution < 1.29 is 4.74 Å². The Balaban J connectivity index is 2.39. The summed E-state index contributed by atoms with van der Waals surface area (Å²) in [5, 5.41) is 0. The molecule has 0 aromatic heterocycles. The van der Waals surface area contributed by atoms with E-state index in [1.165, 1.54) is 6.42 Å². The standard InChI is InChI=1S/C8H15NOS/c1-10-7-4-2-3-6(5-7)8(9)11/h6-7H,2-5H2,1H3,(H2,9,11). The van der Waals surface area contributed by atoms with Gasteiger partial charge in [0, 0.05) is 13.0 Å². The maximum atomic E-state index is 5.56. The average Bonchev–Trinajstić information content (AvgIpc) is 2.05. The van der Waals surface area contributed by atoms with E-state index in [0.29, 0.717) is 17.0 Å². The Morgan fingerprint density at radius 3 is 2.82 bits per heavy atom. The Morgan fingerprint density at radius 2 is 2.27 bits per heavy atom. The van der Waals surface area contributed by atoms with Crippen LogP contribution in [0.4, 0.5) is 0 Å². The first-order valence-corrected chi connectivity index (χ1v) is 4.47. The predicted octanol–water partition coefficient (Wildman–Crippen LogP) is 1.48. The van der Waals surface area contributed by atoms with E-state index in [4.69, 9.17) is 22.7 Å². The second kappa shape index (κ2) is 4.02. The van der Waals surface area contributed by atoms with E-state index in [0.717, 1.165) is 19.3 Å². The number of hydrogen-bond acceptors (Lipinski definition) is 2. The second-order valence-corrected chi connectivity index (χ2v) is 3.60. The lowest BCUT2D eigenvalue weighted by Gasteiger charge is -2.27. The Labute approximate surface area is 73.1 Å². The molecule has 0 amide bonds. The molecule has 0 radical (unpaired) electrons. The van der Waals surface area contributed by atoms with Crippen LogP contribution in [0.2, 0.25) is 0 Å². The van der Waals surface area contributed by atoms with Crippen molar-refractivity contribution in [2.75, 3.05) is 7.11 Å². The van der Waals surface area contributed by atoms with E-state index < -0.39 is 0 Å². The highest BCUT2D eigenvalue weighted by molar-refractivity contribution is 7.80. The van der Waals surface area contributed by atoms with Crippen LogP contribution in [0.1, 0.15) is 25.7 Å². The summed E-state index contributed by atoms with van der Waals surface area (Å²) >= 11 is 4.94. The molecular formula is C8H15NOS. The fraction of sp³-hybridized carbons (Fsp3) is 0.875. The molecule has 1 aliphatic rings. The molecule has 64 valence electrons. The monoisotopic (exact) mass is 173 g/mol. The first-order valence-electron chi connectivity index (χ1n) is 4.06. The van der Waals surface area contributed by atoms with Gasteiger partial charge in [0.15, 0.2) is 0 Å². The molecule has 0 spiro atoms. The molecule has 1 saturated carbocycles. The summed E-state index contributed by atoms with van der Waals surface area (Å²) in [4.78, 5) is 0.659. The van der Waals surface area contributed by atoms with Crippen molar-refractivity contribution in [3.63, 3.8) is 0 Å². The van der Waals surface area contributed by atoms with Gasteiger partial charge in [-0.2, -0.15) is 0 Å². The van der Waals surface area contributed by atoms with Gasteiger partial charge in [-0.25, -0.2) is 0 Å². The van der Waals surface area contributed by atoms with Gasteiger partial charge >= 0.3 is 0 Å². The van der Waals surface area contributed by atoms with Crippen molar-refractivity contribution in [2.24, 2.45) is 11.7 Å². The molecular weight excluding hydrogens is 158 g/mol. The first kappa shape index (κ1) is 8.94. The molecule has 0 aromatic rings. The molecule has 11 heavy (non-hydrogen) atoms. The van der Waals surface area contributed by atoms with Crippen LogP contribution < -0.4 is 5.73 Å². The molecule has 2 N–H and O–H groups in total. The smallest absolute Gasteiger partial charge is 0.0759 e. The zero-order valence-electron chi connectivity index (χ0n) is 6.88. The highest BCUT2D eigenvalue weighted by atomic mass is 32.1. The number of ether oxygens (including phenoxy) is 1. The number of thiocarbonyl (C=S) groups is 1. The molecule has 3 heteroatoms. The summed E-state index contributed by atoms with van der Waals surface area (Å²) in [6.07, 6.45) is 4.91. The molecule has 0 aromatic carbocycles. The van der Waals surface area contributed by atoms with Crippen LogP contribution in [-0.2, 0) is 4.74 Å². The Kier molecular flexibility index (Phi) is 3.27. The fourth-order valence-electron chi connectivity index (χ4n) is 1.62. The zero-order chi connectivity index (χ0) is 8.27. The summed E-state index contributed by atoms with van der Waals surface area (Å²) in [7, 11) is 1.76. The van der Waals surface area contributed by atoms with Crippen molar-refractivity contribution >= 4 is 17.2 Å². The molecule has 2 atom stereocenters. The van der Waals surface area contributed by atoms with Crippen molar-refractivity contribution in [3.05, 3.63) is 0 Å². The van der Waals surface area contributed by atoms with Crippen LogP contribution in [0, 0.1) is 5.92 Å². The van der Waals surface area contributed by atoms with E-state index in [-0.39, 0.29) is 0 Å². The van der Waals surface area contributed by atoms with Gasteiger partial charge in [-0.3, -0.25) is 0 Å². The summed E-state index contributed by atoms with van der Waals surface area (Å²) in [6.45, 7) is 0. The van der Waals surface area contributed by atoms with E-state index >= 15 is 0 Å². The minimum absolute atomic E-state index is 0.384. The second-order valence-electron chi connectivity index (χ2n) is 3.12. The molecule has 2 unspecified atom stereocenters. The Hall–Kier alpha value is -0.150. The number of rotatable bonds is 2. The summed E-state index contributed by atoms with van der Waals surface area (Å²) in [5.41, 5.74) is 5.56. The van der Waals surface area contributed by atoms with Crippen LogP contribution in [0.3, 0.4) is 0 Å². The number of hydrogen-bond donors (Lipinski definition) is 1. The Bertz CT molecular complexity index is 149. The third kappa shape index (κ3) is 2.42. The third-order valence-electron chi connectivity index (χ3n) is 2.36. The molecule has 1 rings (SSSR count). The van der Waals surface area contributed by atoms with Crippen molar-refractivity contribution in [2.45, 2.75) is 31.8 Å². The maximum Gasteiger partial charge on any atom is 0.0759 e.